The summed E-state index contributed by atoms with van der Waals surface area (Å²) in [6, 6.07) is 14.0. The molecule has 2 atom stereocenters. The summed E-state index contributed by atoms with van der Waals surface area (Å²) in [4.78, 5) is 1.32. The van der Waals surface area contributed by atoms with Gasteiger partial charge in [-0.3, -0.25) is 0 Å². The third kappa shape index (κ3) is 2.50. The quantitative estimate of drug-likeness (QED) is 0.869. The van der Waals surface area contributed by atoms with Crippen LogP contribution in [0, 0.1) is 0 Å². The van der Waals surface area contributed by atoms with E-state index >= 15 is 0 Å². The topological polar surface area (TPSA) is 26.0 Å². The Morgan fingerprint density at radius 2 is 1.89 bits per heavy atom. The molecule has 2 N–H and O–H groups in total. The first-order valence-corrected chi connectivity index (χ1v) is 7.74. The third-order valence-corrected chi connectivity index (χ3v) is 5.66. The summed E-state index contributed by atoms with van der Waals surface area (Å²) < 4.78 is 0. The van der Waals surface area contributed by atoms with E-state index in [1.165, 1.54) is 10.5 Å². The van der Waals surface area contributed by atoms with E-state index in [9.17, 15) is 0 Å². The van der Waals surface area contributed by atoms with E-state index in [1.54, 1.807) is 6.07 Å². The third-order valence-electron chi connectivity index (χ3n) is 3.41. The maximum absolute atomic E-state index is 6.39. The molecule has 2 aromatic rings. The van der Waals surface area contributed by atoms with Crippen molar-refractivity contribution < 1.29 is 0 Å². The second-order valence-electron chi connectivity index (χ2n) is 4.64. The number of benzene rings is 2. The van der Waals surface area contributed by atoms with Gasteiger partial charge in [0.15, 0.2) is 0 Å². The van der Waals surface area contributed by atoms with Gasteiger partial charge in [-0.15, -0.1) is 11.8 Å². The molecule has 0 aromatic heterocycles. The van der Waals surface area contributed by atoms with Crippen molar-refractivity contribution >= 4 is 35.0 Å². The molecule has 0 radical (unpaired) electrons. The van der Waals surface area contributed by atoms with Crippen LogP contribution < -0.4 is 5.73 Å². The fourth-order valence-electron chi connectivity index (χ4n) is 2.39. The molecule has 19 heavy (non-hydrogen) atoms. The molecule has 2 unspecified atom stereocenters. The van der Waals surface area contributed by atoms with Crippen molar-refractivity contribution in [2.75, 3.05) is 0 Å². The lowest BCUT2D eigenvalue weighted by atomic mass is 9.99. The molecule has 0 saturated carbocycles. The van der Waals surface area contributed by atoms with Crippen molar-refractivity contribution in [3.05, 3.63) is 63.6 Å². The van der Waals surface area contributed by atoms with E-state index in [-0.39, 0.29) is 6.04 Å². The SMILES string of the molecule is NC(c1cccc(Cl)c1Cl)C1Cc2ccccc2S1. The highest BCUT2D eigenvalue weighted by Gasteiger charge is 2.29. The molecule has 1 heterocycles. The largest absolute Gasteiger partial charge is 0.323 e. The lowest BCUT2D eigenvalue weighted by molar-refractivity contribution is 0.678. The first-order valence-electron chi connectivity index (χ1n) is 6.11. The molecular formula is C15H13Cl2NS. The van der Waals surface area contributed by atoms with Crippen LogP contribution in [0.25, 0.3) is 0 Å². The Hall–Kier alpha value is -0.670. The van der Waals surface area contributed by atoms with Crippen molar-refractivity contribution in [3.63, 3.8) is 0 Å². The minimum Gasteiger partial charge on any atom is -0.323 e. The Balaban J connectivity index is 1.87. The highest BCUT2D eigenvalue weighted by atomic mass is 35.5. The standard InChI is InChI=1S/C15H13Cl2NS/c16-11-6-3-5-10(14(11)17)15(18)13-8-9-4-1-2-7-12(9)19-13/h1-7,13,15H,8,18H2. The van der Waals surface area contributed by atoms with Crippen molar-refractivity contribution in [2.24, 2.45) is 5.73 Å². The van der Waals surface area contributed by atoms with Gasteiger partial charge in [0.2, 0.25) is 0 Å². The first kappa shape index (κ1) is 13.3. The van der Waals surface area contributed by atoms with E-state index in [2.05, 4.69) is 24.3 Å². The smallest absolute Gasteiger partial charge is 0.0640 e. The van der Waals surface area contributed by atoms with Crippen molar-refractivity contribution in [3.8, 4) is 0 Å². The summed E-state index contributed by atoms with van der Waals surface area (Å²) in [5.41, 5.74) is 8.68. The van der Waals surface area contributed by atoms with Crippen molar-refractivity contribution in [2.45, 2.75) is 22.6 Å². The Bertz CT molecular complexity index is 590. The Labute approximate surface area is 127 Å². The predicted molar refractivity (Wildman–Crippen MR) is 83.2 cm³/mol. The molecule has 0 bridgehead atoms. The van der Waals surface area contributed by atoms with Crippen LogP contribution in [0.3, 0.4) is 0 Å². The number of thioether (sulfide) groups is 1. The monoisotopic (exact) mass is 309 g/mol. The van der Waals surface area contributed by atoms with Gasteiger partial charge in [-0.1, -0.05) is 53.5 Å². The number of nitrogens with two attached hydrogens (primary N) is 1. The zero-order valence-corrected chi connectivity index (χ0v) is 12.5. The number of halogens is 2. The van der Waals surface area contributed by atoms with Crippen LogP contribution in [-0.2, 0) is 6.42 Å². The zero-order chi connectivity index (χ0) is 13.4. The van der Waals surface area contributed by atoms with Gasteiger partial charge in [0, 0.05) is 16.2 Å². The summed E-state index contributed by atoms with van der Waals surface area (Å²) in [5, 5.41) is 1.46. The lowest BCUT2D eigenvalue weighted by Gasteiger charge is -2.20. The van der Waals surface area contributed by atoms with E-state index in [0.29, 0.717) is 15.3 Å². The van der Waals surface area contributed by atoms with Crippen molar-refractivity contribution in [1.29, 1.82) is 0 Å². The van der Waals surface area contributed by atoms with Crippen LogP contribution in [0.15, 0.2) is 47.4 Å². The van der Waals surface area contributed by atoms with E-state index < -0.39 is 0 Å². The molecule has 3 rings (SSSR count). The molecule has 0 fully saturated rings. The molecule has 4 heteroatoms. The van der Waals surface area contributed by atoms with Crippen LogP contribution in [-0.4, -0.2) is 5.25 Å². The van der Waals surface area contributed by atoms with Gasteiger partial charge in [0.1, 0.15) is 0 Å². The van der Waals surface area contributed by atoms with E-state index in [4.69, 9.17) is 28.9 Å². The molecule has 0 spiro atoms. The summed E-state index contributed by atoms with van der Waals surface area (Å²) in [6.07, 6.45) is 0.977. The van der Waals surface area contributed by atoms with Gasteiger partial charge in [0.25, 0.3) is 0 Å². The first-order chi connectivity index (χ1) is 9.16. The number of fused-ring (bicyclic) bond motifs is 1. The van der Waals surface area contributed by atoms with Gasteiger partial charge in [-0.2, -0.15) is 0 Å². The molecule has 0 amide bonds. The Morgan fingerprint density at radius 3 is 2.68 bits per heavy atom. The molecule has 1 nitrogen and oxygen atoms in total. The normalized spacial score (nSPS) is 19.2. The zero-order valence-electron chi connectivity index (χ0n) is 10.1. The summed E-state index contributed by atoms with van der Waals surface area (Å²) in [5.74, 6) is 0. The second kappa shape index (κ2) is 5.37. The highest BCUT2D eigenvalue weighted by molar-refractivity contribution is 8.00. The minimum absolute atomic E-state index is 0.108. The van der Waals surface area contributed by atoms with Crippen LogP contribution in [0.1, 0.15) is 17.2 Å². The van der Waals surface area contributed by atoms with Crippen molar-refractivity contribution in [1.82, 2.24) is 0 Å². The lowest BCUT2D eigenvalue weighted by Crippen LogP contribution is -2.23. The van der Waals surface area contributed by atoms with Gasteiger partial charge in [0.05, 0.1) is 10.0 Å². The molecule has 0 saturated heterocycles. The molecule has 2 aromatic carbocycles. The average Bonchev–Trinajstić information content (AvgIpc) is 2.85. The second-order valence-corrected chi connectivity index (χ2v) is 6.70. The number of hydrogen-bond acceptors (Lipinski definition) is 2. The van der Waals surface area contributed by atoms with Gasteiger partial charge in [-0.05, 0) is 29.7 Å². The molecule has 1 aliphatic heterocycles. The fourth-order valence-corrected chi connectivity index (χ4v) is 4.16. The molecule has 98 valence electrons. The molecule has 1 aliphatic rings. The predicted octanol–water partition coefficient (Wildman–Crippen LogP) is 4.71. The number of rotatable bonds is 2. The van der Waals surface area contributed by atoms with Gasteiger partial charge >= 0.3 is 0 Å². The summed E-state index contributed by atoms with van der Waals surface area (Å²) in [7, 11) is 0. The van der Waals surface area contributed by atoms with E-state index in [1.807, 2.05) is 23.9 Å². The minimum atomic E-state index is -0.108. The molecular weight excluding hydrogens is 297 g/mol. The maximum Gasteiger partial charge on any atom is 0.0640 e. The maximum atomic E-state index is 6.39. The van der Waals surface area contributed by atoms with E-state index in [0.717, 1.165) is 12.0 Å². The fraction of sp³-hybridized carbons (Fsp3) is 0.200. The number of hydrogen-bond donors (Lipinski definition) is 1. The summed E-state index contributed by atoms with van der Waals surface area (Å²) >= 11 is 14.1. The van der Waals surface area contributed by atoms with Gasteiger partial charge < -0.3 is 5.73 Å². The van der Waals surface area contributed by atoms with Crippen LogP contribution in [0.2, 0.25) is 10.0 Å². The Kier molecular flexibility index (Phi) is 3.77. The summed E-state index contributed by atoms with van der Waals surface area (Å²) in [6.45, 7) is 0. The average molecular weight is 310 g/mol. The highest BCUT2D eigenvalue weighted by Crippen LogP contribution is 2.43. The molecule has 0 aliphatic carbocycles. The Morgan fingerprint density at radius 1 is 1.11 bits per heavy atom. The van der Waals surface area contributed by atoms with Crippen LogP contribution in [0.5, 0.6) is 0 Å². The van der Waals surface area contributed by atoms with Gasteiger partial charge in [-0.25, -0.2) is 0 Å². The van der Waals surface area contributed by atoms with Crippen LogP contribution in [0.4, 0.5) is 0 Å². The van der Waals surface area contributed by atoms with Crippen LogP contribution >= 0.6 is 35.0 Å².